The van der Waals surface area contributed by atoms with E-state index in [0.29, 0.717) is 12.1 Å². The Labute approximate surface area is 91.9 Å². The normalized spacial score (nSPS) is 13.5. The monoisotopic (exact) mass is 209 g/mol. The maximum Gasteiger partial charge on any atom is 0.123 e. The van der Waals surface area contributed by atoms with Crippen molar-refractivity contribution in [2.24, 2.45) is 0 Å². The Bertz CT molecular complexity index is 292. The third-order valence-corrected chi connectivity index (χ3v) is 2.95. The largest absolute Gasteiger partial charge is 0.301 e. The van der Waals surface area contributed by atoms with Gasteiger partial charge < -0.3 is 4.90 Å². The molecular weight excluding hydrogens is 189 g/mol. The number of benzene rings is 1. The first-order valence-corrected chi connectivity index (χ1v) is 5.47. The summed E-state index contributed by atoms with van der Waals surface area (Å²) in [5, 5.41) is 0. The summed E-state index contributed by atoms with van der Waals surface area (Å²) >= 11 is 0. The van der Waals surface area contributed by atoms with Crippen LogP contribution in [-0.2, 0) is 6.42 Å². The minimum Gasteiger partial charge on any atom is -0.301 e. The molecule has 2 heteroatoms. The maximum atomic E-state index is 12.7. The summed E-state index contributed by atoms with van der Waals surface area (Å²) < 4.78 is 12.7. The highest BCUT2D eigenvalue weighted by Gasteiger charge is 2.12. The van der Waals surface area contributed by atoms with E-state index < -0.39 is 0 Å². The Morgan fingerprint density at radius 3 is 2.13 bits per heavy atom. The van der Waals surface area contributed by atoms with E-state index in [4.69, 9.17) is 0 Å². The van der Waals surface area contributed by atoms with Crippen molar-refractivity contribution in [2.45, 2.75) is 39.3 Å². The van der Waals surface area contributed by atoms with Crippen molar-refractivity contribution in [3.63, 3.8) is 0 Å². The molecule has 0 aromatic heterocycles. The van der Waals surface area contributed by atoms with E-state index in [2.05, 4.69) is 32.7 Å². The van der Waals surface area contributed by atoms with Crippen LogP contribution in [0.15, 0.2) is 24.3 Å². The Kier molecular flexibility index (Phi) is 4.28. The molecule has 0 aliphatic carbocycles. The van der Waals surface area contributed by atoms with Gasteiger partial charge in [-0.1, -0.05) is 12.1 Å². The molecule has 1 aromatic rings. The second-order valence-electron chi connectivity index (χ2n) is 4.44. The van der Waals surface area contributed by atoms with Crippen LogP contribution >= 0.6 is 0 Å². The van der Waals surface area contributed by atoms with Crippen molar-refractivity contribution >= 4 is 0 Å². The summed E-state index contributed by atoms with van der Waals surface area (Å²) in [7, 11) is 2.12. The molecular formula is C13H20FN. The molecule has 0 spiro atoms. The first kappa shape index (κ1) is 12.2. The van der Waals surface area contributed by atoms with Gasteiger partial charge in [-0.25, -0.2) is 4.39 Å². The molecule has 0 saturated carbocycles. The Balaban J connectivity index is 2.58. The van der Waals surface area contributed by atoms with Gasteiger partial charge in [0.25, 0.3) is 0 Å². The summed E-state index contributed by atoms with van der Waals surface area (Å²) in [5.41, 5.74) is 1.19. The topological polar surface area (TPSA) is 3.24 Å². The van der Waals surface area contributed by atoms with Crippen LogP contribution < -0.4 is 0 Å². The van der Waals surface area contributed by atoms with Crippen molar-refractivity contribution in [2.75, 3.05) is 7.05 Å². The van der Waals surface area contributed by atoms with E-state index in [1.165, 1.54) is 17.7 Å². The average Bonchev–Trinajstić information content (AvgIpc) is 2.20. The lowest BCUT2D eigenvalue weighted by atomic mass is 10.1. The molecule has 1 unspecified atom stereocenters. The standard InChI is InChI=1S/C13H20FN/c1-10(2)15(4)11(3)9-12-5-7-13(14)8-6-12/h5-8,10-11H,9H2,1-4H3. The lowest BCUT2D eigenvalue weighted by molar-refractivity contribution is 0.207. The maximum absolute atomic E-state index is 12.7. The second-order valence-corrected chi connectivity index (χ2v) is 4.44. The van der Waals surface area contributed by atoms with Crippen LogP contribution in [-0.4, -0.2) is 24.0 Å². The van der Waals surface area contributed by atoms with E-state index in [9.17, 15) is 4.39 Å². The van der Waals surface area contributed by atoms with Crippen LogP contribution in [0.1, 0.15) is 26.3 Å². The zero-order valence-corrected chi connectivity index (χ0v) is 10.00. The lowest BCUT2D eigenvalue weighted by Gasteiger charge is -2.28. The van der Waals surface area contributed by atoms with Crippen LogP contribution in [0.25, 0.3) is 0 Å². The van der Waals surface area contributed by atoms with Crippen molar-refractivity contribution in [3.8, 4) is 0 Å². The molecule has 0 aliphatic heterocycles. The Hall–Kier alpha value is -0.890. The van der Waals surface area contributed by atoms with Gasteiger partial charge in [0.2, 0.25) is 0 Å². The fraction of sp³-hybridized carbons (Fsp3) is 0.538. The molecule has 1 nitrogen and oxygen atoms in total. The fourth-order valence-corrected chi connectivity index (χ4v) is 1.61. The van der Waals surface area contributed by atoms with Gasteiger partial charge in [-0.2, -0.15) is 0 Å². The number of hydrogen-bond donors (Lipinski definition) is 0. The molecule has 0 bridgehead atoms. The van der Waals surface area contributed by atoms with E-state index in [1.807, 2.05) is 12.1 Å². The van der Waals surface area contributed by atoms with Gasteiger partial charge >= 0.3 is 0 Å². The molecule has 0 fully saturated rings. The SMILES string of the molecule is CC(C)N(C)C(C)Cc1ccc(F)cc1. The summed E-state index contributed by atoms with van der Waals surface area (Å²) in [6.45, 7) is 6.56. The van der Waals surface area contributed by atoms with Crippen LogP contribution in [0.3, 0.4) is 0 Å². The molecule has 0 saturated heterocycles. The average molecular weight is 209 g/mol. The van der Waals surface area contributed by atoms with Gasteiger partial charge in [0, 0.05) is 12.1 Å². The van der Waals surface area contributed by atoms with Gasteiger partial charge in [-0.3, -0.25) is 0 Å². The smallest absolute Gasteiger partial charge is 0.123 e. The van der Waals surface area contributed by atoms with Crippen LogP contribution in [0.2, 0.25) is 0 Å². The van der Waals surface area contributed by atoms with Crippen molar-refractivity contribution < 1.29 is 4.39 Å². The summed E-state index contributed by atoms with van der Waals surface area (Å²) in [6.07, 6.45) is 0.967. The Morgan fingerprint density at radius 1 is 1.13 bits per heavy atom. The highest BCUT2D eigenvalue weighted by atomic mass is 19.1. The number of hydrogen-bond acceptors (Lipinski definition) is 1. The fourth-order valence-electron chi connectivity index (χ4n) is 1.61. The predicted octanol–water partition coefficient (Wildman–Crippen LogP) is 3.10. The first-order chi connectivity index (χ1) is 7.00. The molecule has 0 amide bonds. The van der Waals surface area contributed by atoms with Crippen molar-refractivity contribution in [1.82, 2.24) is 4.90 Å². The zero-order chi connectivity index (χ0) is 11.4. The molecule has 1 aromatic carbocycles. The molecule has 0 aliphatic rings. The molecule has 1 rings (SSSR count). The molecule has 0 N–H and O–H groups in total. The van der Waals surface area contributed by atoms with Gasteiger partial charge in [-0.05, 0) is 51.9 Å². The predicted molar refractivity (Wildman–Crippen MR) is 62.5 cm³/mol. The number of nitrogens with zero attached hydrogens (tertiary/aromatic N) is 1. The minimum atomic E-state index is -0.163. The molecule has 84 valence electrons. The molecule has 1 atom stereocenters. The number of likely N-dealkylation sites (N-methyl/N-ethyl adjacent to an activating group) is 1. The molecule has 0 radical (unpaired) electrons. The quantitative estimate of drug-likeness (QED) is 0.736. The number of rotatable bonds is 4. The van der Waals surface area contributed by atoms with E-state index in [1.54, 1.807) is 0 Å². The molecule has 15 heavy (non-hydrogen) atoms. The van der Waals surface area contributed by atoms with E-state index >= 15 is 0 Å². The third kappa shape index (κ3) is 3.63. The minimum absolute atomic E-state index is 0.163. The van der Waals surface area contributed by atoms with E-state index in [0.717, 1.165) is 6.42 Å². The summed E-state index contributed by atoms with van der Waals surface area (Å²) in [4.78, 5) is 2.32. The number of halogens is 1. The van der Waals surface area contributed by atoms with Crippen LogP contribution in [0.5, 0.6) is 0 Å². The highest BCUT2D eigenvalue weighted by Crippen LogP contribution is 2.10. The second kappa shape index (κ2) is 5.26. The summed E-state index contributed by atoms with van der Waals surface area (Å²) in [5.74, 6) is -0.163. The van der Waals surface area contributed by atoms with Crippen molar-refractivity contribution in [1.29, 1.82) is 0 Å². The van der Waals surface area contributed by atoms with Gasteiger partial charge in [0.1, 0.15) is 5.82 Å². The van der Waals surface area contributed by atoms with E-state index in [-0.39, 0.29) is 5.82 Å². The first-order valence-electron chi connectivity index (χ1n) is 5.47. The zero-order valence-electron chi connectivity index (χ0n) is 10.00. The molecule has 0 heterocycles. The summed E-state index contributed by atoms with van der Waals surface area (Å²) in [6, 6.07) is 7.80. The highest BCUT2D eigenvalue weighted by molar-refractivity contribution is 5.17. The lowest BCUT2D eigenvalue weighted by Crippen LogP contribution is -2.36. The van der Waals surface area contributed by atoms with Crippen LogP contribution in [0.4, 0.5) is 4.39 Å². The van der Waals surface area contributed by atoms with Gasteiger partial charge in [-0.15, -0.1) is 0 Å². The van der Waals surface area contributed by atoms with Gasteiger partial charge in [0.15, 0.2) is 0 Å². The van der Waals surface area contributed by atoms with Crippen LogP contribution in [0, 0.1) is 5.82 Å². The van der Waals surface area contributed by atoms with Crippen molar-refractivity contribution in [3.05, 3.63) is 35.6 Å². The van der Waals surface area contributed by atoms with Gasteiger partial charge in [0.05, 0.1) is 0 Å². The third-order valence-electron chi connectivity index (χ3n) is 2.95. The Morgan fingerprint density at radius 2 is 1.67 bits per heavy atom.